The highest BCUT2D eigenvalue weighted by molar-refractivity contribution is 14.1. The summed E-state index contributed by atoms with van der Waals surface area (Å²) in [4.78, 5) is 0. The zero-order chi connectivity index (χ0) is 18.3. The van der Waals surface area contributed by atoms with Gasteiger partial charge in [0.05, 0.1) is 92.5 Å². The standard InChI is InChI=1S/C16H32I2O7/c17-1-3-19-5-7-21-9-11-23-13-15-25-16-14-24-12-10-22-8-6-20-4-2-18/h1-16H2. The molecule has 0 aromatic rings. The molecule has 0 fully saturated rings. The molecule has 0 aliphatic heterocycles. The molecule has 0 N–H and O–H groups in total. The first-order chi connectivity index (χ1) is 12.4. The summed E-state index contributed by atoms with van der Waals surface area (Å²) in [6, 6.07) is 0. The third-order valence-electron chi connectivity index (χ3n) is 2.68. The fourth-order valence-electron chi connectivity index (χ4n) is 1.53. The van der Waals surface area contributed by atoms with Crippen LogP contribution in [0.4, 0.5) is 0 Å². The van der Waals surface area contributed by atoms with Crippen LogP contribution in [0.25, 0.3) is 0 Å². The van der Waals surface area contributed by atoms with E-state index in [1.807, 2.05) is 0 Å². The Labute approximate surface area is 179 Å². The van der Waals surface area contributed by atoms with Crippen LogP contribution in [0, 0.1) is 0 Å². The van der Waals surface area contributed by atoms with E-state index in [1.54, 1.807) is 0 Å². The summed E-state index contributed by atoms with van der Waals surface area (Å²) in [5.41, 5.74) is 0. The van der Waals surface area contributed by atoms with Gasteiger partial charge >= 0.3 is 0 Å². The van der Waals surface area contributed by atoms with Crippen molar-refractivity contribution >= 4 is 45.2 Å². The molecule has 0 saturated carbocycles. The molecule has 152 valence electrons. The van der Waals surface area contributed by atoms with Crippen molar-refractivity contribution in [3.8, 4) is 0 Å². The second-order valence-corrected chi connectivity index (χ2v) is 6.82. The molecule has 0 aliphatic rings. The summed E-state index contributed by atoms with van der Waals surface area (Å²) in [5.74, 6) is 0. The van der Waals surface area contributed by atoms with Gasteiger partial charge in [0, 0.05) is 8.86 Å². The quantitative estimate of drug-likeness (QED) is 0.109. The molecule has 7 nitrogen and oxygen atoms in total. The van der Waals surface area contributed by atoms with Crippen molar-refractivity contribution in [1.29, 1.82) is 0 Å². The SMILES string of the molecule is ICCOCCOCCOCCOCCOCCOCCOCCI. The van der Waals surface area contributed by atoms with Gasteiger partial charge in [-0.3, -0.25) is 0 Å². The van der Waals surface area contributed by atoms with Crippen LogP contribution in [-0.4, -0.2) is 101 Å². The topological polar surface area (TPSA) is 64.6 Å². The highest BCUT2D eigenvalue weighted by Gasteiger charge is 1.94. The van der Waals surface area contributed by atoms with Crippen molar-refractivity contribution < 1.29 is 33.2 Å². The number of ether oxygens (including phenoxy) is 7. The van der Waals surface area contributed by atoms with Crippen LogP contribution >= 0.6 is 45.2 Å². The van der Waals surface area contributed by atoms with E-state index in [0.29, 0.717) is 79.3 Å². The molecule has 0 aromatic heterocycles. The molecule has 25 heavy (non-hydrogen) atoms. The number of hydrogen-bond donors (Lipinski definition) is 0. The maximum absolute atomic E-state index is 5.40. The van der Waals surface area contributed by atoms with Gasteiger partial charge in [-0.15, -0.1) is 0 Å². The lowest BCUT2D eigenvalue weighted by Crippen LogP contribution is -2.14. The number of alkyl halides is 2. The Hall–Kier alpha value is 1.18. The van der Waals surface area contributed by atoms with Gasteiger partial charge in [0.2, 0.25) is 0 Å². The molecule has 0 rings (SSSR count). The molecule has 9 heteroatoms. The second kappa shape index (κ2) is 25.2. The van der Waals surface area contributed by atoms with Gasteiger partial charge in [-0.05, 0) is 0 Å². The number of halogens is 2. The molecule has 0 aromatic carbocycles. The van der Waals surface area contributed by atoms with Crippen molar-refractivity contribution in [1.82, 2.24) is 0 Å². The molecule has 0 radical (unpaired) electrons. The molecule has 0 atom stereocenters. The highest BCUT2D eigenvalue weighted by Crippen LogP contribution is 1.86. The van der Waals surface area contributed by atoms with Crippen LogP contribution in [0.15, 0.2) is 0 Å². The predicted octanol–water partition coefficient (Wildman–Crippen LogP) is 1.97. The first-order valence-corrected chi connectivity index (χ1v) is 11.6. The van der Waals surface area contributed by atoms with Gasteiger partial charge in [0.25, 0.3) is 0 Å². The molecular weight excluding hydrogens is 558 g/mol. The molecule has 0 aliphatic carbocycles. The van der Waals surface area contributed by atoms with Crippen molar-refractivity contribution in [2.45, 2.75) is 0 Å². The maximum atomic E-state index is 5.40. The van der Waals surface area contributed by atoms with Crippen LogP contribution in [-0.2, 0) is 33.2 Å². The summed E-state index contributed by atoms with van der Waals surface area (Å²) in [5, 5.41) is 0. The molecular formula is C16H32I2O7. The number of hydrogen-bond acceptors (Lipinski definition) is 7. The monoisotopic (exact) mass is 590 g/mol. The zero-order valence-electron chi connectivity index (χ0n) is 14.9. The van der Waals surface area contributed by atoms with Crippen LogP contribution in [0.2, 0.25) is 0 Å². The minimum atomic E-state index is 0.562. The first-order valence-electron chi connectivity index (χ1n) is 8.58. The molecule has 0 bridgehead atoms. The largest absolute Gasteiger partial charge is 0.378 e. The fourth-order valence-corrected chi connectivity index (χ4v) is 2.15. The fraction of sp³-hybridized carbons (Fsp3) is 1.00. The van der Waals surface area contributed by atoms with Gasteiger partial charge in [-0.25, -0.2) is 0 Å². The summed E-state index contributed by atoms with van der Waals surface area (Å²) in [7, 11) is 0. The normalized spacial score (nSPS) is 11.3. The zero-order valence-corrected chi connectivity index (χ0v) is 19.2. The van der Waals surface area contributed by atoms with E-state index >= 15 is 0 Å². The van der Waals surface area contributed by atoms with Crippen LogP contribution in [0.1, 0.15) is 0 Å². The highest BCUT2D eigenvalue weighted by atomic mass is 127. The van der Waals surface area contributed by atoms with E-state index in [2.05, 4.69) is 45.2 Å². The lowest BCUT2D eigenvalue weighted by Gasteiger charge is -2.08. The average molecular weight is 590 g/mol. The van der Waals surface area contributed by atoms with Gasteiger partial charge < -0.3 is 33.2 Å². The Kier molecular flexibility index (Phi) is 26.4. The minimum Gasteiger partial charge on any atom is -0.378 e. The lowest BCUT2D eigenvalue weighted by molar-refractivity contribution is -0.0195. The number of rotatable bonds is 22. The van der Waals surface area contributed by atoms with Gasteiger partial charge in [0.1, 0.15) is 0 Å². The van der Waals surface area contributed by atoms with E-state index in [9.17, 15) is 0 Å². The van der Waals surface area contributed by atoms with Crippen molar-refractivity contribution in [3.05, 3.63) is 0 Å². The minimum absolute atomic E-state index is 0.562. The van der Waals surface area contributed by atoms with Crippen LogP contribution < -0.4 is 0 Å². The van der Waals surface area contributed by atoms with E-state index < -0.39 is 0 Å². The lowest BCUT2D eigenvalue weighted by atomic mass is 10.6. The van der Waals surface area contributed by atoms with Crippen LogP contribution in [0.3, 0.4) is 0 Å². The summed E-state index contributed by atoms with van der Waals surface area (Å²) in [6.07, 6.45) is 0. The average Bonchev–Trinajstić information content (AvgIpc) is 2.63. The molecule has 0 amide bonds. The summed E-state index contributed by atoms with van der Waals surface area (Å²) < 4.78 is 39.5. The Morgan fingerprint density at radius 1 is 0.280 bits per heavy atom. The van der Waals surface area contributed by atoms with E-state index in [0.717, 1.165) is 22.1 Å². The third kappa shape index (κ3) is 25.2. The van der Waals surface area contributed by atoms with Crippen molar-refractivity contribution in [3.63, 3.8) is 0 Å². The maximum Gasteiger partial charge on any atom is 0.0701 e. The Balaban J connectivity index is 2.94. The Bertz CT molecular complexity index is 217. The molecule has 0 saturated heterocycles. The first kappa shape index (κ1) is 26.2. The summed E-state index contributed by atoms with van der Waals surface area (Å²) >= 11 is 4.56. The van der Waals surface area contributed by atoms with E-state index in [-0.39, 0.29) is 0 Å². The van der Waals surface area contributed by atoms with Gasteiger partial charge in [0.15, 0.2) is 0 Å². The van der Waals surface area contributed by atoms with Gasteiger partial charge in [-0.1, -0.05) is 45.2 Å². The Morgan fingerprint density at radius 3 is 0.600 bits per heavy atom. The third-order valence-corrected chi connectivity index (χ3v) is 3.56. The second-order valence-electron chi connectivity index (χ2n) is 4.66. The molecule has 0 spiro atoms. The molecule has 0 heterocycles. The van der Waals surface area contributed by atoms with E-state index in [1.165, 1.54) is 0 Å². The smallest absolute Gasteiger partial charge is 0.0701 e. The van der Waals surface area contributed by atoms with Gasteiger partial charge in [-0.2, -0.15) is 0 Å². The van der Waals surface area contributed by atoms with E-state index in [4.69, 9.17) is 33.2 Å². The van der Waals surface area contributed by atoms with Crippen molar-refractivity contribution in [2.75, 3.05) is 101 Å². The van der Waals surface area contributed by atoms with Crippen molar-refractivity contribution in [2.24, 2.45) is 0 Å². The molecule has 0 unspecified atom stereocenters. The van der Waals surface area contributed by atoms with Crippen LogP contribution in [0.5, 0.6) is 0 Å². The Morgan fingerprint density at radius 2 is 0.440 bits per heavy atom. The summed E-state index contributed by atoms with van der Waals surface area (Å²) in [6.45, 7) is 8.64. The predicted molar refractivity (Wildman–Crippen MR) is 114 cm³/mol.